The zero-order valence-electron chi connectivity index (χ0n) is 15.8. The van der Waals surface area contributed by atoms with Crippen LogP contribution < -0.4 is 10.2 Å². The average Bonchev–Trinajstić information content (AvgIpc) is 2.89. The highest BCUT2D eigenvalue weighted by molar-refractivity contribution is 6.33. The molecule has 1 N–H and O–H groups in total. The summed E-state index contributed by atoms with van der Waals surface area (Å²) in [7, 11) is 1.73. The molecule has 1 aliphatic rings. The monoisotopic (exact) mass is 375 g/mol. The van der Waals surface area contributed by atoms with Gasteiger partial charge in [0.2, 0.25) is 0 Å². The van der Waals surface area contributed by atoms with Gasteiger partial charge in [-0.15, -0.1) is 0 Å². The van der Waals surface area contributed by atoms with E-state index in [0.717, 1.165) is 44.0 Å². The number of anilines is 2. The standard InChI is InChI=1S/C19H26ClN5O/c1-5-24-8-10-25(11-9-24)15-6-7-16(13(2)12-15)21-19(26)17-14(3)22-23(4)18(17)20/h6-7,12H,5,8-11H2,1-4H3,(H,21,26). The lowest BCUT2D eigenvalue weighted by molar-refractivity contribution is 0.102. The highest BCUT2D eigenvalue weighted by Crippen LogP contribution is 2.26. The highest BCUT2D eigenvalue weighted by Gasteiger charge is 2.20. The third-order valence-electron chi connectivity index (χ3n) is 5.02. The number of rotatable bonds is 4. The van der Waals surface area contributed by atoms with E-state index in [1.54, 1.807) is 14.0 Å². The molecular weight excluding hydrogens is 350 g/mol. The summed E-state index contributed by atoms with van der Waals surface area (Å²) >= 11 is 6.19. The number of carbonyl (C=O) groups is 1. The predicted molar refractivity (Wildman–Crippen MR) is 106 cm³/mol. The van der Waals surface area contributed by atoms with E-state index >= 15 is 0 Å². The van der Waals surface area contributed by atoms with Crippen molar-refractivity contribution >= 4 is 28.9 Å². The smallest absolute Gasteiger partial charge is 0.260 e. The van der Waals surface area contributed by atoms with Gasteiger partial charge in [0.05, 0.1) is 11.3 Å². The van der Waals surface area contributed by atoms with Crippen LogP contribution in [0.3, 0.4) is 0 Å². The lowest BCUT2D eigenvalue weighted by atomic mass is 10.1. The molecule has 0 bridgehead atoms. The first kappa shape index (κ1) is 18.7. The molecule has 7 heteroatoms. The van der Waals surface area contributed by atoms with Crippen molar-refractivity contribution in [2.45, 2.75) is 20.8 Å². The third-order valence-corrected chi connectivity index (χ3v) is 5.46. The molecule has 1 aliphatic heterocycles. The van der Waals surface area contributed by atoms with E-state index < -0.39 is 0 Å². The maximum absolute atomic E-state index is 12.6. The molecule has 1 aromatic carbocycles. The van der Waals surface area contributed by atoms with Gasteiger partial charge in [-0.05, 0) is 44.2 Å². The number of carbonyl (C=O) groups excluding carboxylic acids is 1. The Labute approximate surface area is 159 Å². The van der Waals surface area contributed by atoms with Crippen LogP contribution in [0.15, 0.2) is 18.2 Å². The Morgan fingerprint density at radius 1 is 1.23 bits per heavy atom. The molecule has 3 rings (SSSR count). The van der Waals surface area contributed by atoms with Gasteiger partial charge in [0.1, 0.15) is 5.15 Å². The summed E-state index contributed by atoms with van der Waals surface area (Å²) < 4.78 is 1.51. The van der Waals surface area contributed by atoms with Crippen LogP contribution in [-0.2, 0) is 7.05 Å². The number of piperazine rings is 1. The van der Waals surface area contributed by atoms with Gasteiger partial charge in [-0.25, -0.2) is 0 Å². The largest absolute Gasteiger partial charge is 0.369 e. The molecular formula is C19H26ClN5O. The SMILES string of the molecule is CCN1CCN(c2ccc(NC(=O)c3c(C)nn(C)c3Cl)c(C)c2)CC1. The van der Waals surface area contributed by atoms with Crippen molar-refractivity contribution in [1.82, 2.24) is 14.7 Å². The minimum Gasteiger partial charge on any atom is -0.369 e. The molecule has 1 fully saturated rings. The fraction of sp³-hybridized carbons (Fsp3) is 0.474. The number of nitrogens with one attached hydrogen (secondary N) is 1. The molecule has 1 saturated heterocycles. The van der Waals surface area contributed by atoms with Gasteiger partial charge in [-0.2, -0.15) is 5.10 Å². The Morgan fingerprint density at radius 3 is 2.46 bits per heavy atom. The molecule has 2 heterocycles. The normalized spacial score (nSPS) is 15.3. The molecule has 1 amide bonds. The molecule has 0 radical (unpaired) electrons. The summed E-state index contributed by atoms with van der Waals surface area (Å²) in [4.78, 5) is 17.5. The second-order valence-electron chi connectivity index (χ2n) is 6.75. The van der Waals surface area contributed by atoms with E-state index in [9.17, 15) is 4.79 Å². The number of nitrogens with zero attached hydrogens (tertiary/aromatic N) is 4. The van der Waals surface area contributed by atoms with Gasteiger partial charge in [0.25, 0.3) is 5.91 Å². The predicted octanol–water partition coefficient (Wildman–Crippen LogP) is 3.08. The molecule has 0 spiro atoms. The van der Waals surface area contributed by atoms with E-state index in [2.05, 4.69) is 39.3 Å². The van der Waals surface area contributed by atoms with Crippen molar-refractivity contribution in [2.75, 3.05) is 42.9 Å². The van der Waals surface area contributed by atoms with Crippen LogP contribution in [0.25, 0.3) is 0 Å². The number of aromatic nitrogens is 2. The maximum Gasteiger partial charge on any atom is 0.260 e. The zero-order valence-corrected chi connectivity index (χ0v) is 16.6. The number of aryl methyl sites for hydroxylation is 3. The first-order valence-electron chi connectivity index (χ1n) is 8.99. The van der Waals surface area contributed by atoms with Crippen molar-refractivity contribution in [3.8, 4) is 0 Å². The summed E-state index contributed by atoms with van der Waals surface area (Å²) in [6.45, 7) is 11.3. The highest BCUT2D eigenvalue weighted by atomic mass is 35.5. The van der Waals surface area contributed by atoms with E-state index in [1.807, 2.05) is 13.0 Å². The number of halogens is 1. The minimum absolute atomic E-state index is 0.229. The van der Waals surface area contributed by atoms with Gasteiger partial charge in [0, 0.05) is 44.6 Å². The summed E-state index contributed by atoms with van der Waals surface area (Å²) in [5.41, 5.74) is 4.08. The third kappa shape index (κ3) is 3.71. The van der Waals surface area contributed by atoms with Crippen LogP contribution >= 0.6 is 11.6 Å². The van der Waals surface area contributed by atoms with Crippen LogP contribution in [0.5, 0.6) is 0 Å². The number of hydrogen-bond acceptors (Lipinski definition) is 4. The Bertz CT molecular complexity index is 809. The van der Waals surface area contributed by atoms with Crippen LogP contribution in [-0.4, -0.2) is 53.3 Å². The Hall–Kier alpha value is -2.05. The van der Waals surface area contributed by atoms with Crippen LogP contribution in [0.2, 0.25) is 5.15 Å². The van der Waals surface area contributed by atoms with E-state index in [-0.39, 0.29) is 5.91 Å². The Morgan fingerprint density at radius 2 is 1.92 bits per heavy atom. The Kier molecular flexibility index (Phi) is 5.53. The first-order valence-corrected chi connectivity index (χ1v) is 9.37. The summed E-state index contributed by atoms with van der Waals surface area (Å²) in [6, 6.07) is 6.17. The van der Waals surface area contributed by atoms with Gasteiger partial charge >= 0.3 is 0 Å². The molecule has 0 unspecified atom stereocenters. The van der Waals surface area contributed by atoms with E-state index in [1.165, 1.54) is 10.4 Å². The summed E-state index contributed by atoms with van der Waals surface area (Å²) in [5, 5.41) is 7.51. The van der Waals surface area contributed by atoms with Crippen molar-refractivity contribution in [3.05, 3.63) is 40.2 Å². The quantitative estimate of drug-likeness (QED) is 0.892. The molecule has 140 valence electrons. The van der Waals surface area contributed by atoms with Crippen molar-refractivity contribution in [2.24, 2.45) is 7.05 Å². The van der Waals surface area contributed by atoms with Crippen molar-refractivity contribution in [3.63, 3.8) is 0 Å². The molecule has 0 atom stereocenters. The van der Waals surface area contributed by atoms with Gasteiger partial charge in [-0.3, -0.25) is 9.48 Å². The minimum atomic E-state index is -0.229. The molecule has 2 aromatic rings. The number of benzene rings is 1. The number of amides is 1. The second kappa shape index (κ2) is 7.68. The molecule has 26 heavy (non-hydrogen) atoms. The van der Waals surface area contributed by atoms with E-state index in [0.29, 0.717) is 16.4 Å². The molecule has 1 aromatic heterocycles. The number of likely N-dealkylation sites (N-methyl/N-ethyl adjacent to an activating group) is 1. The van der Waals surface area contributed by atoms with Gasteiger partial charge < -0.3 is 15.1 Å². The van der Waals surface area contributed by atoms with Crippen LogP contribution in [0.1, 0.15) is 28.5 Å². The lowest BCUT2D eigenvalue weighted by Gasteiger charge is -2.35. The van der Waals surface area contributed by atoms with Gasteiger partial charge in [0.15, 0.2) is 0 Å². The fourth-order valence-corrected chi connectivity index (χ4v) is 3.64. The second-order valence-corrected chi connectivity index (χ2v) is 7.11. The van der Waals surface area contributed by atoms with Crippen molar-refractivity contribution in [1.29, 1.82) is 0 Å². The van der Waals surface area contributed by atoms with Crippen molar-refractivity contribution < 1.29 is 4.79 Å². The Balaban J connectivity index is 1.73. The fourth-order valence-electron chi connectivity index (χ4n) is 3.38. The van der Waals surface area contributed by atoms with Crippen LogP contribution in [0, 0.1) is 13.8 Å². The zero-order chi connectivity index (χ0) is 18.8. The van der Waals surface area contributed by atoms with Gasteiger partial charge in [-0.1, -0.05) is 18.5 Å². The molecule has 0 saturated carbocycles. The first-order chi connectivity index (χ1) is 12.4. The lowest BCUT2D eigenvalue weighted by Crippen LogP contribution is -2.46. The maximum atomic E-state index is 12.6. The molecule has 6 nitrogen and oxygen atoms in total. The van der Waals surface area contributed by atoms with E-state index in [4.69, 9.17) is 11.6 Å². The van der Waals surface area contributed by atoms with Crippen LogP contribution in [0.4, 0.5) is 11.4 Å². The summed E-state index contributed by atoms with van der Waals surface area (Å²) in [5.74, 6) is -0.229. The topological polar surface area (TPSA) is 53.4 Å². The number of hydrogen-bond donors (Lipinski definition) is 1. The molecule has 0 aliphatic carbocycles. The summed E-state index contributed by atoms with van der Waals surface area (Å²) in [6.07, 6.45) is 0. The average molecular weight is 376 g/mol.